The summed E-state index contributed by atoms with van der Waals surface area (Å²) in [5.74, 6) is 3.62. The van der Waals surface area contributed by atoms with Gasteiger partial charge in [-0.05, 0) is 109 Å². The molecule has 6 atom stereocenters. The predicted molar refractivity (Wildman–Crippen MR) is 294 cm³/mol. The Labute approximate surface area is 452 Å². The zero-order valence-electron chi connectivity index (χ0n) is 77.9. The molecule has 0 spiro atoms. The minimum Gasteiger partial charge on any atom is -0.505 e. The quantitative estimate of drug-likeness (QED) is 0.0587. The molecular formula is C44H90Cl2F2N16O2. The zero-order chi connectivity index (χ0) is 88.4. The first-order chi connectivity index (χ1) is 52.8. The number of rotatable bonds is 5. The van der Waals surface area contributed by atoms with Crippen molar-refractivity contribution >= 4 is 68.5 Å². The van der Waals surface area contributed by atoms with E-state index >= 15 is 0 Å². The first-order valence-electron chi connectivity index (χ1n) is 42.5. The van der Waals surface area contributed by atoms with Gasteiger partial charge in [0.15, 0.2) is 11.5 Å². The summed E-state index contributed by atoms with van der Waals surface area (Å²) in [6, 6.07) is 6.91. The van der Waals surface area contributed by atoms with Gasteiger partial charge >= 0.3 is 6.01 Å². The third kappa shape index (κ3) is 8.98. The topological polar surface area (TPSA) is 280 Å². The Morgan fingerprint density at radius 2 is 1.59 bits per heavy atom. The smallest absolute Gasteiger partial charge is 0.326 e. The van der Waals surface area contributed by atoms with Crippen LogP contribution in [-0.2, 0) is 12.8 Å². The Hall–Kier alpha value is -6.32. The molecule has 12 N–H and O–H groups in total. The van der Waals surface area contributed by atoms with Gasteiger partial charge in [0.2, 0.25) is 17.2 Å². The number of H-pyrrole nitrogens is 1. The summed E-state index contributed by atoms with van der Waals surface area (Å²) in [6.07, 6.45) is 8.97. The molecule has 0 unspecified atom stereocenters. The van der Waals surface area contributed by atoms with Crippen LogP contribution < -0.4 is 43.2 Å². The minimum absolute atomic E-state index is 0.0270. The molecule has 5 aliphatic rings. The molecule has 7 aromatic rings. The highest BCUT2D eigenvalue weighted by molar-refractivity contribution is 6.34. The summed E-state index contributed by atoms with van der Waals surface area (Å²) in [6.45, 7) is 6.06. The molecule has 0 bridgehead atoms. The summed E-state index contributed by atoms with van der Waals surface area (Å²) < 4.78 is 244. The number of hydrogen-bond acceptors (Lipinski definition) is 17. The molecule has 0 radical (unpaired) electrons. The second kappa shape index (κ2) is 18.5. The summed E-state index contributed by atoms with van der Waals surface area (Å²) >= 11 is 11.9. The van der Waals surface area contributed by atoms with Gasteiger partial charge in [-0.2, -0.15) is 9.97 Å². The molecule has 12 rings (SSSR count). The maximum Gasteiger partial charge on any atom is 0.326 e. The van der Waals surface area contributed by atoms with Crippen LogP contribution in [-0.4, -0.2) is 95.3 Å². The van der Waals surface area contributed by atoms with E-state index < -0.39 is 0 Å². The maximum atomic E-state index is 14.4. The molecule has 3 aliphatic carbocycles. The highest BCUT2D eigenvalue weighted by atomic mass is 35.5. The Balaban J connectivity index is -0.0000000930. The van der Waals surface area contributed by atoms with Gasteiger partial charge in [-0.25, -0.2) is 38.7 Å². The van der Waals surface area contributed by atoms with Gasteiger partial charge < -0.3 is 53.3 Å². The van der Waals surface area contributed by atoms with E-state index in [2.05, 4.69) is 55.4 Å². The number of nitrogens with one attached hydrogen (secondary N) is 3. The number of aryl methyl sites for hydroxylation is 1. The molecule has 0 amide bonds. The van der Waals surface area contributed by atoms with Gasteiger partial charge in [0.25, 0.3) is 0 Å². The second-order valence-electron chi connectivity index (χ2n) is 16.9. The first kappa shape index (κ1) is 26.1. The standard InChI is InChI=1S/C22H23FN8O.C12H8Cl2FN3.C6H12N2.C4H5N3O.21H2/c1-2-10-3-12(23)5-14-17-19(28-18(10)14)29-22(32-13-6-26-21(25)27-7-13)30-20(17)31-8-11-4-16(24)15(11)9-31;1-16-8-3-5(15)2-7-6(8)4-9-10(7)11(13)18-12(14)17-9;7-6-1-4-2-8-3-5(4)6;5-4-6-1-3(8)2-7-4;;;;;;;;;;;;;;;;;;;;;/h3,5-7,11,15-16H,2,4,8-9,24H2,1H3,(H2,25,26,27)(H,28,29,30);2-3,16H,4H2,1H3;4-6,8H,1-3,7H2;1-2,8H,(H2,5,6,7);21*1H/t11-,15+,16-;;4-,5+,6-;;;;;;;;;;;;;;;;;;;;;;/m1.1....................../s1/i;;;;21*1+1D. The van der Waals surface area contributed by atoms with Crippen molar-refractivity contribution in [1.29, 1.82) is 0 Å². The Morgan fingerprint density at radius 3 is 2.23 bits per heavy atom. The summed E-state index contributed by atoms with van der Waals surface area (Å²) in [5, 5.41) is 16.8. The number of nitrogen functional groups attached to an aromatic ring is 2. The van der Waals surface area contributed by atoms with Crippen molar-refractivity contribution in [3.63, 3.8) is 0 Å². The molecule has 7 heterocycles. The number of hydrogen-bond donors (Lipinski definition) is 8. The number of aromatic amines is 1. The van der Waals surface area contributed by atoms with Gasteiger partial charge in [0.1, 0.15) is 28.3 Å². The van der Waals surface area contributed by atoms with Gasteiger partial charge in [-0.1, -0.05) is 18.5 Å². The molecule has 2 saturated heterocycles. The van der Waals surface area contributed by atoms with Crippen molar-refractivity contribution in [2.24, 2.45) is 35.1 Å². The van der Waals surface area contributed by atoms with Gasteiger partial charge in [-0.3, -0.25) is 0 Å². The Kier molecular flexibility index (Phi) is 7.33. The maximum absolute atomic E-state index is 14.4. The van der Waals surface area contributed by atoms with E-state index in [4.69, 9.17) is 123 Å². The van der Waals surface area contributed by atoms with Crippen molar-refractivity contribution < 1.29 is 81.0 Å². The van der Waals surface area contributed by atoms with Crippen molar-refractivity contribution in [2.75, 3.05) is 54.9 Å². The Morgan fingerprint density at radius 1 is 0.894 bits per heavy atom. The third-order valence-electron chi connectivity index (χ3n) is 12.9. The zero-order valence-corrected chi connectivity index (χ0v) is 37.5. The number of halogens is 4. The molecule has 5 aromatic heterocycles. The number of ether oxygens (including phenoxy) is 1. The lowest BCUT2D eigenvalue weighted by molar-refractivity contribution is 0.194. The predicted octanol–water partition coefficient (Wildman–Crippen LogP) is 10.8. The fourth-order valence-electron chi connectivity index (χ4n) is 9.52. The van der Waals surface area contributed by atoms with Crippen LogP contribution in [0.3, 0.4) is 0 Å². The lowest BCUT2D eigenvalue weighted by Crippen LogP contribution is -2.46. The highest BCUT2D eigenvalue weighted by Gasteiger charge is 2.46. The van der Waals surface area contributed by atoms with Gasteiger partial charge in [0.05, 0.1) is 41.4 Å². The van der Waals surface area contributed by atoms with E-state index in [0.717, 1.165) is 81.5 Å². The first-order valence-corrected chi connectivity index (χ1v) is 22.2. The van der Waals surface area contributed by atoms with Crippen LogP contribution in [0, 0.1) is 35.3 Å². The number of aromatic hydroxyl groups is 1. The fraction of sp³-hybridized carbons (Fsp3) is 0.364. The van der Waals surface area contributed by atoms with Crippen LogP contribution in [0.4, 0.5) is 32.2 Å². The van der Waals surface area contributed by atoms with Crippen molar-refractivity contribution in [3.05, 3.63) is 87.9 Å². The monoisotopic (exact) mass is 1020 g/mol. The normalized spacial score (nSPS) is 24.2. The van der Waals surface area contributed by atoms with Gasteiger partial charge in [0, 0.05) is 118 Å². The molecule has 66 heavy (non-hydrogen) atoms. The minimum atomic E-state index is -0.322. The molecular weight excluding hydrogens is 893 g/mol. The summed E-state index contributed by atoms with van der Waals surface area (Å²) in [7, 11) is 1.75. The number of nitrogens with zero attached hydrogens (tertiary/aromatic N) is 9. The Bertz CT molecular complexity index is 2990. The summed E-state index contributed by atoms with van der Waals surface area (Å²) in [4.78, 5) is 37.9. The molecule has 2 aromatic carbocycles. The SMILES string of the molecule is CCc1cc(F)cc2c1[nH]c1nc(Oc3cnc(N)nc3)nc(N3C[C@H]4C[C@@H](N)[C@H]4C3)c12.CNc1cc(F)cc2c1Cc1nc(Cl)nc(Cl)c1-2.N[C@@H]1C[C@@H]2CNC[C@@H]21.Nc1ncc(O)cn1.[2H][2H].[2H][2H].[2H][2H].[2H][2H].[2H][2H].[2H][2H].[2H][2H].[2H][2H].[2H][2H].[2H][2H].[2H][2H].[2H][2H].[2H][2H].[2H][2H].[2H][2H].[2H][2H].[2H][2H].[2H][2H].[2H][2H].[2H][2H].[2H][2H]. The van der Waals surface area contributed by atoms with Crippen molar-refractivity contribution in [1.82, 2.24) is 50.2 Å². The van der Waals surface area contributed by atoms with E-state index in [1.54, 1.807) is 19.2 Å². The van der Waals surface area contributed by atoms with Crippen LogP contribution in [0.5, 0.6) is 17.5 Å². The highest BCUT2D eigenvalue weighted by Crippen LogP contribution is 2.45. The molecule has 22 heteroatoms. The van der Waals surface area contributed by atoms with E-state index in [1.807, 2.05) is 6.92 Å². The molecule has 2 saturated carbocycles. The van der Waals surface area contributed by atoms with Crippen LogP contribution in [0.2, 0.25) is 10.4 Å². The van der Waals surface area contributed by atoms with E-state index in [-0.39, 0.29) is 51.8 Å². The number of nitrogens with two attached hydrogens (primary N) is 4. The lowest BCUT2D eigenvalue weighted by atomic mass is 9.72. The molecule has 386 valence electrons. The molecule has 18 nitrogen and oxygen atoms in total. The number of aromatic nitrogens is 9. The van der Waals surface area contributed by atoms with E-state index in [0.29, 0.717) is 47.7 Å². The average Bonchev–Trinajstić information content (AvgIpc) is 1.59. The second-order valence-corrected chi connectivity index (χ2v) is 17.6. The molecule has 2 aliphatic heterocycles. The van der Waals surface area contributed by atoms with E-state index in [9.17, 15) is 8.78 Å². The van der Waals surface area contributed by atoms with Crippen molar-refractivity contribution in [2.45, 2.75) is 44.7 Å². The number of fused-ring (bicyclic) bond motifs is 8. The van der Waals surface area contributed by atoms with Gasteiger partial charge in [-0.15, -0.1) is 0 Å². The van der Waals surface area contributed by atoms with Crippen LogP contribution in [0.1, 0.15) is 98.9 Å². The average molecular weight is 1030 g/mol. The molecule has 4 fully saturated rings. The number of anilines is 4. The van der Waals surface area contributed by atoms with Crippen LogP contribution in [0.25, 0.3) is 33.1 Å². The summed E-state index contributed by atoms with van der Waals surface area (Å²) in [5.41, 5.74) is 28.8. The fourth-order valence-corrected chi connectivity index (χ4v) is 10.0. The van der Waals surface area contributed by atoms with Crippen LogP contribution >= 0.6 is 23.2 Å². The largest absolute Gasteiger partial charge is 0.505 e. The third-order valence-corrected chi connectivity index (χ3v) is 13.3. The van der Waals surface area contributed by atoms with Crippen LogP contribution in [0.15, 0.2) is 49.1 Å². The van der Waals surface area contributed by atoms with E-state index in [1.165, 1.54) is 56.4 Å². The van der Waals surface area contributed by atoms with Crippen molar-refractivity contribution in [3.8, 4) is 28.6 Å². The number of benzene rings is 2. The lowest BCUT2D eigenvalue weighted by Gasteiger charge is -2.36.